The standard InChI is InChI=1S/C23H24N4O5S/c1-15(2)27-22-19(13-24-27)18(12-20(25-22)16-8-6-5-7-9-16)23(28)31-14-17-10-11-21(32-17)33(29,30)26(3)4/h5-13,15H,14H2,1-4H3. The second kappa shape index (κ2) is 8.80. The lowest BCUT2D eigenvalue weighted by Gasteiger charge is -2.10. The van der Waals surface area contributed by atoms with E-state index in [1.54, 1.807) is 16.9 Å². The van der Waals surface area contributed by atoms with Gasteiger partial charge in [-0.2, -0.15) is 5.10 Å². The first-order valence-electron chi connectivity index (χ1n) is 10.3. The SMILES string of the molecule is CC(C)n1ncc2c(C(=O)OCc3ccc(S(=O)(=O)N(C)C)o3)cc(-c3ccccc3)nc21. The molecule has 0 spiro atoms. The van der Waals surface area contributed by atoms with E-state index in [0.29, 0.717) is 22.3 Å². The maximum atomic E-state index is 13.1. The molecule has 4 aromatic rings. The van der Waals surface area contributed by atoms with Crippen LogP contribution in [0, 0.1) is 0 Å². The first-order valence-corrected chi connectivity index (χ1v) is 11.7. The number of hydrogen-bond acceptors (Lipinski definition) is 7. The van der Waals surface area contributed by atoms with E-state index in [0.717, 1.165) is 9.87 Å². The fraction of sp³-hybridized carbons (Fsp3) is 0.261. The van der Waals surface area contributed by atoms with Gasteiger partial charge in [0.25, 0.3) is 10.0 Å². The van der Waals surface area contributed by atoms with Crippen molar-refractivity contribution in [1.82, 2.24) is 19.1 Å². The Bertz CT molecular complexity index is 1410. The molecular weight excluding hydrogens is 444 g/mol. The van der Waals surface area contributed by atoms with Crippen molar-refractivity contribution in [3.05, 3.63) is 66.1 Å². The van der Waals surface area contributed by atoms with Crippen molar-refractivity contribution in [2.75, 3.05) is 14.1 Å². The van der Waals surface area contributed by atoms with E-state index >= 15 is 0 Å². The molecule has 33 heavy (non-hydrogen) atoms. The van der Waals surface area contributed by atoms with Crippen LogP contribution in [0.4, 0.5) is 0 Å². The number of furan rings is 1. The predicted molar refractivity (Wildman–Crippen MR) is 122 cm³/mol. The van der Waals surface area contributed by atoms with Gasteiger partial charge in [0.2, 0.25) is 5.09 Å². The second-order valence-electron chi connectivity index (χ2n) is 7.93. The summed E-state index contributed by atoms with van der Waals surface area (Å²) in [7, 11) is -0.889. The topological polar surface area (TPSA) is 108 Å². The quantitative estimate of drug-likeness (QED) is 0.379. The molecule has 0 N–H and O–H groups in total. The molecule has 10 heteroatoms. The van der Waals surface area contributed by atoms with Gasteiger partial charge in [0.1, 0.15) is 12.4 Å². The average Bonchev–Trinajstić information content (AvgIpc) is 3.45. The highest BCUT2D eigenvalue weighted by Gasteiger charge is 2.23. The van der Waals surface area contributed by atoms with Gasteiger partial charge in [-0.05, 0) is 32.0 Å². The number of hydrogen-bond donors (Lipinski definition) is 0. The van der Waals surface area contributed by atoms with Crippen LogP contribution in [-0.2, 0) is 21.4 Å². The first kappa shape index (κ1) is 22.7. The fourth-order valence-corrected chi connectivity index (χ4v) is 4.10. The number of ether oxygens (including phenoxy) is 1. The second-order valence-corrected chi connectivity index (χ2v) is 10.0. The van der Waals surface area contributed by atoms with Crippen LogP contribution < -0.4 is 0 Å². The van der Waals surface area contributed by atoms with Crippen molar-refractivity contribution in [3.63, 3.8) is 0 Å². The summed E-state index contributed by atoms with van der Waals surface area (Å²) in [4.78, 5) is 17.8. The van der Waals surface area contributed by atoms with Crippen LogP contribution in [0.3, 0.4) is 0 Å². The number of pyridine rings is 1. The molecule has 0 unspecified atom stereocenters. The zero-order valence-corrected chi connectivity index (χ0v) is 19.5. The minimum absolute atomic E-state index is 0.0464. The molecule has 1 aromatic carbocycles. The van der Waals surface area contributed by atoms with E-state index in [1.807, 2.05) is 44.2 Å². The Labute approximate surface area is 191 Å². The van der Waals surface area contributed by atoms with E-state index in [4.69, 9.17) is 14.1 Å². The molecule has 0 atom stereocenters. The number of carbonyl (C=O) groups is 1. The Morgan fingerprint density at radius 2 is 1.88 bits per heavy atom. The van der Waals surface area contributed by atoms with Crippen molar-refractivity contribution >= 4 is 27.0 Å². The van der Waals surface area contributed by atoms with E-state index in [2.05, 4.69) is 5.10 Å². The van der Waals surface area contributed by atoms with Gasteiger partial charge in [0.15, 0.2) is 5.65 Å². The van der Waals surface area contributed by atoms with Crippen molar-refractivity contribution in [3.8, 4) is 11.3 Å². The summed E-state index contributed by atoms with van der Waals surface area (Å²) < 4.78 is 38.0. The molecule has 0 amide bonds. The highest BCUT2D eigenvalue weighted by molar-refractivity contribution is 7.88. The molecule has 3 aromatic heterocycles. The Morgan fingerprint density at radius 3 is 2.55 bits per heavy atom. The van der Waals surface area contributed by atoms with Crippen molar-refractivity contribution in [2.45, 2.75) is 31.6 Å². The molecule has 0 aliphatic carbocycles. The number of sulfonamides is 1. The van der Waals surface area contributed by atoms with Crippen LogP contribution in [0.15, 0.2) is 64.2 Å². The van der Waals surface area contributed by atoms with Crippen molar-refractivity contribution in [2.24, 2.45) is 0 Å². The number of esters is 1. The Kier molecular flexibility index (Phi) is 6.05. The number of nitrogens with zero attached hydrogens (tertiary/aromatic N) is 4. The van der Waals surface area contributed by atoms with Gasteiger partial charge in [-0.3, -0.25) is 0 Å². The van der Waals surface area contributed by atoms with Crippen molar-refractivity contribution < 1.29 is 22.4 Å². The maximum Gasteiger partial charge on any atom is 0.339 e. The average molecular weight is 469 g/mol. The Balaban J connectivity index is 1.66. The van der Waals surface area contributed by atoms with E-state index in [1.165, 1.54) is 26.2 Å². The number of carbonyl (C=O) groups excluding carboxylic acids is 1. The summed E-state index contributed by atoms with van der Waals surface area (Å²) in [6.07, 6.45) is 1.60. The lowest BCUT2D eigenvalue weighted by atomic mass is 10.1. The molecule has 0 saturated carbocycles. The molecule has 0 aliphatic heterocycles. The molecule has 0 saturated heterocycles. The first-order chi connectivity index (χ1) is 15.7. The van der Waals surface area contributed by atoms with Gasteiger partial charge in [0, 0.05) is 25.7 Å². The zero-order valence-electron chi connectivity index (χ0n) is 18.7. The lowest BCUT2D eigenvalue weighted by Crippen LogP contribution is -2.21. The smallest absolute Gasteiger partial charge is 0.339 e. The third kappa shape index (κ3) is 4.39. The minimum atomic E-state index is -3.71. The van der Waals surface area contributed by atoms with Gasteiger partial charge in [-0.15, -0.1) is 0 Å². The predicted octanol–water partition coefficient (Wildman–Crippen LogP) is 3.88. The van der Waals surface area contributed by atoms with Gasteiger partial charge in [-0.1, -0.05) is 30.3 Å². The van der Waals surface area contributed by atoms with E-state index in [9.17, 15) is 13.2 Å². The molecule has 0 aliphatic rings. The summed E-state index contributed by atoms with van der Waals surface area (Å²) in [6.45, 7) is 3.75. The monoisotopic (exact) mass is 468 g/mol. The van der Waals surface area contributed by atoms with Crippen LogP contribution in [0.5, 0.6) is 0 Å². The number of aromatic nitrogens is 3. The number of benzene rings is 1. The normalized spacial score (nSPS) is 12.1. The summed E-state index contributed by atoms with van der Waals surface area (Å²) in [5.74, 6) is -0.369. The van der Waals surface area contributed by atoms with Gasteiger partial charge >= 0.3 is 5.97 Å². The molecule has 172 valence electrons. The lowest BCUT2D eigenvalue weighted by molar-refractivity contribution is 0.0443. The molecule has 0 radical (unpaired) electrons. The minimum Gasteiger partial charge on any atom is -0.454 e. The zero-order chi connectivity index (χ0) is 23.8. The molecule has 9 nitrogen and oxygen atoms in total. The molecule has 0 fully saturated rings. The van der Waals surface area contributed by atoms with E-state index in [-0.39, 0.29) is 23.5 Å². The van der Waals surface area contributed by atoms with Gasteiger partial charge < -0.3 is 9.15 Å². The van der Waals surface area contributed by atoms with Crippen LogP contribution >= 0.6 is 0 Å². The Morgan fingerprint density at radius 1 is 1.15 bits per heavy atom. The highest BCUT2D eigenvalue weighted by atomic mass is 32.2. The van der Waals surface area contributed by atoms with E-state index < -0.39 is 16.0 Å². The van der Waals surface area contributed by atoms with Crippen LogP contribution in [0.1, 0.15) is 36.0 Å². The highest BCUT2D eigenvalue weighted by Crippen LogP contribution is 2.27. The van der Waals surface area contributed by atoms with Crippen LogP contribution in [0.2, 0.25) is 0 Å². The largest absolute Gasteiger partial charge is 0.454 e. The van der Waals surface area contributed by atoms with Gasteiger partial charge in [-0.25, -0.2) is 27.2 Å². The van der Waals surface area contributed by atoms with Crippen LogP contribution in [-0.4, -0.2) is 47.6 Å². The van der Waals surface area contributed by atoms with Gasteiger partial charge in [0.05, 0.1) is 22.8 Å². The van der Waals surface area contributed by atoms with Crippen molar-refractivity contribution in [1.29, 1.82) is 0 Å². The molecular formula is C23H24N4O5S. The summed E-state index contributed by atoms with van der Waals surface area (Å²) in [5.41, 5.74) is 2.37. The molecule has 4 rings (SSSR count). The fourth-order valence-electron chi connectivity index (χ4n) is 3.29. The number of fused-ring (bicyclic) bond motifs is 1. The summed E-state index contributed by atoms with van der Waals surface area (Å²) >= 11 is 0. The Hall–Kier alpha value is -3.50. The summed E-state index contributed by atoms with van der Waals surface area (Å²) in [5, 5.41) is 4.75. The summed E-state index contributed by atoms with van der Waals surface area (Å²) in [6, 6.07) is 14.1. The number of rotatable bonds is 7. The third-order valence-corrected chi connectivity index (χ3v) is 6.75. The third-order valence-electron chi connectivity index (χ3n) is 5.06. The molecule has 0 bridgehead atoms. The maximum absolute atomic E-state index is 13.1. The van der Waals surface area contributed by atoms with Crippen LogP contribution in [0.25, 0.3) is 22.3 Å². The molecule has 3 heterocycles.